The van der Waals surface area contributed by atoms with Crippen LogP contribution >= 0.6 is 33.9 Å². The number of carbonyl (C=O) groups excluding carboxylic acids is 2. The number of thiophene rings is 1. The molecule has 0 bridgehead atoms. The predicted octanol–water partition coefficient (Wildman–Crippen LogP) is 3.15. The molecule has 0 spiro atoms. The van der Waals surface area contributed by atoms with Crippen LogP contribution in [0.1, 0.15) is 39.4 Å². The van der Waals surface area contributed by atoms with Crippen LogP contribution in [0.4, 0.5) is 15.1 Å². The summed E-state index contributed by atoms with van der Waals surface area (Å²) in [5.74, 6) is 4.16. The van der Waals surface area contributed by atoms with Crippen LogP contribution in [0.15, 0.2) is 18.2 Å². The van der Waals surface area contributed by atoms with Crippen molar-refractivity contribution in [3.05, 3.63) is 43.6 Å². The summed E-state index contributed by atoms with van der Waals surface area (Å²) in [7, 11) is 0. The first-order valence-electron chi connectivity index (χ1n) is 7.89. The number of anilines is 2. The number of amides is 2. The Morgan fingerprint density at radius 2 is 2.15 bits per heavy atom. The lowest BCUT2D eigenvalue weighted by molar-refractivity contribution is 0.0945. The number of carbonyl (C=O) groups is 2. The number of nitrogens with one attached hydrogen (secondary N) is 3. The molecule has 0 fully saturated rings. The molecule has 26 heavy (non-hydrogen) atoms. The van der Waals surface area contributed by atoms with Crippen LogP contribution in [0.2, 0.25) is 0 Å². The van der Waals surface area contributed by atoms with Crippen LogP contribution in [0.25, 0.3) is 0 Å². The number of nitrogens with two attached hydrogens (primary N) is 1. The maximum absolute atomic E-state index is 14.2. The number of hydrogen-bond acceptors (Lipinski definition) is 5. The topological polar surface area (TPSA) is 96.2 Å². The zero-order valence-corrected chi connectivity index (χ0v) is 17.2. The standard InChI is InChI=1S/C17H18FIN4O2S/c1-17(2)6-9-12(14(24)23-20)16(26-13(9)15(25)21-7-17)22-11-4-3-8(19)5-10(11)18/h3-5,22H,6-7,20H2,1-2H3,(H,21,25)(H,23,24). The van der Waals surface area contributed by atoms with E-state index in [1.54, 1.807) is 12.1 Å². The fraction of sp³-hybridized carbons (Fsp3) is 0.294. The van der Waals surface area contributed by atoms with E-state index >= 15 is 0 Å². The Morgan fingerprint density at radius 1 is 1.42 bits per heavy atom. The van der Waals surface area contributed by atoms with E-state index in [4.69, 9.17) is 5.84 Å². The molecule has 0 unspecified atom stereocenters. The minimum Gasteiger partial charge on any atom is -0.351 e. The second-order valence-corrected chi connectivity index (χ2v) is 9.13. The average Bonchev–Trinajstić information content (AvgIpc) is 2.86. The Morgan fingerprint density at radius 3 is 2.81 bits per heavy atom. The molecular weight excluding hydrogens is 470 g/mol. The molecule has 0 saturated heterocycles. The smallest absolute Gasteiger partial charge is 0.268 e. The number of hydrazine groups is 1. The monoisotopic (exact) mass is 488 g/mol. The van der Waals surface area contributed by atoms with Gasteiger partial charge < -0.3 is 10.6 Å². The van der Waals surface area contributed by atoms with Gasteiger partial charge in [0.25, 0.3) is 11.8 Å². The minimum absolute atomic E-state index is 0.225. The van der Waals surface area contributed by atoms with Crippen LogP contribution in [0.5, 0.6) is 0 Å². The highest BCUT2D eigenvalue weighted by Gasteiger charge is 2.34. The van der Waals surface area contributed by atoms with Crippen molar-refractivity contribution >= 4 is 56.4 Å². The third-order valence-electron chi connectivity index (χ3n) is 4.13. The first-order chi connectivity index (χ1) is 12.2. The van der Waals surface area contributed by atoms with Crippen molar-refractivity contribution in [1.82, 2.24) is 10.7 Å². The molecule has 1 aliphatic rings. The molecule has 2 aromatic rings. The van der Waals surface area contributed by atoms with E-state index < -0.39 is 11.7 Å². The SMILES string of the molecule is CC1(C)CNC(=O)c2sc(Nc3ccc(I)cc3F)c(C(=O)NN)c2C1. The first-order valence-corrected chi connectivity index (χ1v) is 9.78. The molecular formula is C17H18FIN4O2S. The van der Waals surface area contributed by atoms with Gasteiger partial charge in [-0.2, -0.15) is 0 Å². The fourth-order valence-electron chi connectivity index (χ4n) is 2.87. The molecule has 5 N–H and O–H groups in total. The van der Waals surface area contributed by atoms with E-state index in [0.29, 0.717) is 28.4 Å². The highest BCUT2D eigenvalue weighted by molar-refractivity contribution is 14.1. The Labute approximate surface area is 167 Å². The summed E-state index contributed by atoms with van der Waals surface area (Å²) in [5, 5.41) is 6.22. The van der Waals surface area contributed by atoms with Gasteiger partial charge in [-0.1, -0.05) is 13.8 Å². The van der Waals surface area contributed by atoms with Gasteiger partial charge in [0.2, 0.25) is 0 Å². The Bertz CT molecular complexity index is 897. The number of benzene rings is 1. The molecule has 0 saturated carbocycles. The lowest BCUT2D eigenvalue weighted by Gasteiger charge is -2.22. The van der Waals surface area contributed by atoms with Crippen LogP contribution in [0, 0.1) is 14.8 Å². The number of rotatable bonds is 3. The number of hydrogen-bond donors (Lipinski definition) is 4. The van der Waals surface area contributed by atoms with Crippen molar-refractivity contribution in [1.29, 1.82) is 0 Å². The van der Waals surface area contributed by atoms with Crippen LogP contribution < -0.4 is 21.9 Å². The fourth-order valence-corrected chi connectivity index (χ4v) is 4.47. The average molecular weight is 488 g/mol. The lowest BCUT2D eigenvalue weighted by atomic mass is 9.85. The summed E-state index contributed by atoms with van der Waals surface area (Å²) >= 11 is 3.15. The molecule has 0 aliphatic carbocycles. The number of fused-ring (bicyclic) bond motifs is 1. The highest BCUT2D eigenvalue weighted by Crippen LogP contribution is 2.40. The van der Waals surface area contributed by atoms with Gasteiger partial charge in [-0.15, -0.1) is 11.3 Å². The molecule has 3 rings (SSSR count). The van der Waals surface area contributed by atoms with Crippen molar-refractivity contribution < 1.29 is 14.0 Å². The minimum atomic E-state index is -0.513. The summed E-state index contributed by atoms with van der Waals surface area (Å²) in [6.45, 7) is 4.53. The zero-order chi connectivity index (χ0) is 19.1. The molecule has 1 aromatic carbocycles. The third-order valence-corrected chi connectivity index (χ3v) is 5.95. The second-order valence-electron chi connectivity index (χ2n) is 6.86. The molecule has 138 valence electrons. The summed E-state index contributed by atoms with van der Waals surface area (Å²) in [5.41, 5.74) is 3.05. The Kier molecular flexibility index (Phi) is 5.22. The quantitative estimate of drug-likeness (QED) is 0.231. The lowest BCUT2D eigenvalue weighted by Crippen LogP contribution is -2.32. The van der Waals surface area contributed by atoms with E-state index in [1.165, 1.54) is 6.07 Å². The molecule has 1 aliphatic heterocycles. The van der Waals surface area contributed by atoms with Crippen molar-refractivity contribution in [2.75, 3.05) is 11.9 Å². The Hall–Kier alpha value is -1.72. The predicted molar refractivity (Wildman–Crippen MR) is 108 cm³/mol. The number of halogens is 2. The third kappa shape index (κ3) is 3.69. The Balaban J connectivity index is 2.12. The molecule has 2 amide bonds. The van der Waals surface area contributed by atoms with Gasteiger partial charge in [0.1, 0.15) is 10.8 Å². The molecule has 0 atom stereocenters. The van der Waals surface area contributed by atoms with E-state index in [-0.39, 0.29) is 22.6 Å². The second kappa shape index (κ2) is 7.12. The van der Waals surface area contributed by atoms with Gasteiger partial charge >= 0.3 is 0 Å². The van der Waals surface area contributed by atoms with Gasteiger partial charge in [-0.05, 0) is 58.2 Å². The maximum Gasteiger partial charge on any atom is 0.268 e. The van der Waals surface area contributed by atoms with Crippen LogP contribution in [-0.2, 0) is 6.42 Å². The van der Waals surface area contributed by atoms with Gasteiger partial charge in [0, 0.05) is 10.1 Å². The van der Waals surface area contributed by atoms with Crippen molar-refractivity contribution in [2.24, 2.45) is 11.3 Å². The maximum atomic E-state index is 14.2. The van der Waals surface area contributed by atoms with Gasteiger partial charge in [0.15, 0.2) is 0 Å². The van der Waals surface area contributed by atoms with Crippen LogP contribution in [0.3, 0.4) is 0 Å². The van der Waals surface area contributed by atoms with E-state index in [0.717, 1.165) is 14.9 Å². The normalized spacial score (nSPS) is 15.7. The molecule has 1 aromatic heterocycles. The summed E-state index contributed by atoms with van der Waals surface area (Å²) in [6.07, 6.45) is 0.525. The van der Waals surface area contributed by atoms with E-state index in [1.807, 2.05) is 36.4 Å². The summed E-state index contributed by atoms with van der Waals surface area (Å²) in [4.78, 5) is 25.3. The van der Waals surface area contributed by atoms with Gasteiger partial charge in [-0.3, -0.25) is 15.0 Å². The van der Waals surface area contributed by atoms with Gasteiger partial charge in [0.05, 0.1) is 16.1 Å². The van der Waals surface area contributed by atoms with Crippen LogP contribution in [-0.4, -0.2) is 18.4 Å². The summed E-state index contributed by atoms with van der Waals surface area (Å²) < 4.78 is 15.0. The van der Waals surface area contributed by atoms with E-state index in [9.17, 15) is 14.0 Å². The van der Waals surface area contributed by atoms with Crippen molar-refractivity contribution in [3.8, 4) is 0 Å². The summed E-state index contributed by atoms with van der Waals surface area (Å²) in [6, 6.07) is 4.74. The largest absolute Gasteiger partial charge is 0.351 e. The molecule has 6 nitrogen and oxygen atoms in total. The van der Waals surface area contributed by atoms with E-state index in [2.05, 4.69) is 16.1 Å². The molecule has 9 heteroatoms. The van der Waals surface area contributed by atoms with Gasteiger partial charge in [-0.25, -0.2) is 10.2 Å². The number of nitrogen functional groups attached to an aromatic ring is 1. The molecule has 2 heterocycles. The van der Waals surface area contributed by atoms with Crippen molar-refractivity contribution in [3.63, 3.8) is 0 Å². The zero-order valence-electron chi connectivity index (χ0n) is 14.2. The first kappa shape index (κ1) is 19.1. The van der Waals surface area contributed by atoms with Crippen molar-refractivity contribution in [2.45, 2.75) is 20.3 Å². The highest BCUT2D eigenvalue weighted by atomic mass is 127. The molecule has 0 radical (unpaired) electrons.